The van der Waals surface area contributed by atoms with Gasteiger partial charge in [-0.3, -0.25) is 4.79 Å². The van der Waals surface area contributed by atoms with Crippen LogP contribution in [0, 0.1) is 0 Å². The molecule has 0 radical (unpaired) electrons. The molecule has 4 nitrogen and oxygen atoms in total. The standard InChI is InChI=1S/C21H25N3O/c25-21(24-14-11-17-3-1-2-4-20(17)24)15-16-5-7-18(8-6-16)23-19-9-12-22-13-10-19/h1-8,19,22-23H,9-15H2. The van der Waals surface area contributed by atoms with Crippen molar-refractivity contribution < 1.29 is 4.79 Å². The van der Waals surface area contributed by atoms with E-state index in [0.29, 0.717) is 12.5 Å². The first-order valence-corrected chi connectivity index (χ1v) is 9.24. The van der Waals surface area contributed by atoms with Crippen molar-refractivity contribution in [3.8, 4) is 0 Å². The van der Waals surface area contributed by atoms with Crippen LogP contribution in [-0.2, 0) is 17.6 Å². The number of carbonyl (C=O) groups excluding carboxylic acids is 1. The van der Waals surface area contributed by atoms with E-state index in [4.69, 9.17) is 0 Å². The Balaban J connectivity index is 1.37. The molecule has 0 saturated carbocycles. The third-order valence-corrected chi connectivity index (χ3v) is 5.21. The van der Waals surface area contributed by atoms with Crippen LogP contribution in [0.2, 0.25) is 0 Å². The summed E-state index contributed by atoms with van der Waals surface area (Å²) in [5.74, 6) is 0.184. The molecule has 0 aliphatic carbocycles. The quantitative estimate of drug-likeness (QED) is 0.903. The van der Waals surface area contributed by atoms with Gasteiger partial charge in [-0.2, -0.15) is 0 Å². The maximum atomic E-state index is 12.7. The van der Waals surface area contributed by atoms with Crippen LogP contribution in [0.1, 0.15) is 24.0 Å². The number of nitrogens with zero attached hydrogens (tertiary/aromatic N) is 1. The fraction of sp³-hybridized carbons (Fsp3) is 0.381. The molecule has 1 saturated heterocycles. The van der Waals surface area contributed by atoms with Crippen LogP contribution in [-0.4, -0.2) is 31.6 Å². The predicted octanol–water partition coefficient (Wildman–Crippen LogP) is 2.98. The molecule has 0 bridgehead atoms. The molecular weight excluding hydrogens is 310 g/mol. The van der Waals surface area contributed by atoms with E-state index in [9.17, 15) is 4.79 Å². The number of carbonyl (C=O) groups is 1. The lowest BCUT2D eigenvalue weighted by molar-refractivity contribution is -0.117. The highest BCUT2D eigenvalue weighted by atomic mass is 16.2. The van der Waals surface area contributed by atoms with Crippen LogP contribution >= 0.6 is 0 Å². The number of nitrogens with one attached hydrogen (secondary N) is 2. The van der Waals surface area contributed by atoms with Gasteiger partial charge < -0.3 is 15.5 Å². The van der Waals surface area contributed by atoms with Gasteiger partial charge in [0, 0.05) is 24.0 Å². The highest BCUT2D eigenvalue weighted by molar-refractivity contribution is 5.96. The van der Waals surface area contributed by atoms with Gasteiger partial charge in [-0.15, -0.1) is 0 Å². The number of para-hydroxylation sites is 1. The summed E-state index contributed by atoms with van der Waals surface area (Å²) in [4.78, 5) is 14.6. The van der Waals surface area contributed by atoms with Crippen molar-refractivity contribution in [3.05, 3.63) is 59.7 Å². The second-order valence-corrected chi connectivity index (χ2v) is 6.97. The number of rotatable bonds is 4. The maximum Gasteiger partial charge on any atom is 0.231 e. The smallest absolute Gasteiger partial charge is 0.231 e. The summed E-state index contributed by atoms with van der Waals surface area (Å²) in [5.41, 5.74) is 4.58. The van der Waals surface area contributed by atoms with E-state index in [0.717, 1.165) is 55.8 Å². The lowest BCUT2D eigenvalue weighted by atomic mass is 10.1. The van der Waals surface area contributed by atoms with Crippen LogP contribution < -0.4 is 15.5 Å². The maximum absolute atomic E-state index is 12.7. The molecule has 2 heterocycles. The summed E-state index contributed by atoms with van der Waals surface area (Å²) in [6.07, 6.45) is 3.74. The van der Waals surface area contributed by atoms with Gasteiger partial charge in [-0.1, -0.05) is 30.3 Å². The second-order valence-electron chi connectivity index (χ2n) is 6.97. The highest BCUT2D eigenvalue weighted by Crippen LogP contribution is 2.28. The third-order valence-electron chi connectivity index (χ3n) is 5.21. The summed E-state index contributed by atoms with van der Waals surface area (Å²) in [6, 6.07) is 17.1. The number of piperidine rings is 1. The number of hydrogen-bond donors (Lipinski definition) is 2. The minimum Gasteiger partial charge on any atom is -0.382 e. The molecule has 2 N–H and O–H groups in total. The van der Waals surface area contributed by atoms with Crippen molar-refractivity contribution in [2.24, 2.45) is 0 Å². The molecule has 0 atom stereocenters. The van der Waals surface area contributed by atoms with Crippen LogP contribution in [0.25, 0.3) is 0 Å². The van der Waals surface area contributed by atoms with Crippen molar-refractivity contribution in [2.75, 3.05) is 29.9 Å². The molecule has 0 unspecified atom stereocenters. The molecule has 0 aromatic heterocycles. The van der Waals surface area contributed by atoms with E-state index >= 15 is 0 Å². The lowest BCUT2D eigenvalue weighted by Crippen LogP contribution is -2.35. The average molecular weight is 335 g/mol. The number of benzene rings is 2. The van der Waals surface area contributed by atoms with Gasteiger partial charge in [0.15, 0.2) is 0 Å². The summed E-state index contributed by atoms with van der Waals surface area (Å²) in [7, 11) is 0. The molecule has 2 aromatic rings. The summed E-state index contributed by atoms with van der Waals surface area (Å²) in [6.45, 7) is 2.97. The summed E-state index contributed by atoms with van der Waals surface area (Å²) >= 11 is 0. The predicted molar refractivity (Wildman–Crippen MR) is 102 cm³/mol. The second kappa shape index (κ2) is 7.28. The minimum atomic E-state index is 0.184. The van der Waals surface area contributed by atoms with Crippen LogP contribution in [0.3, 0.4) is 0 Å². The van der Waals surface area contributed by atoms with Crippen LogP contribution in [0.4, 0.5) is 11.4 Å². The Morgan fingerprint density at radius 1 is 1.08 bits per heavy atom. The largest absolute Gasteiger partial charge is 0.382 e. The van der Waals surface area contributed by atoms with Crippen LogP contribution in [0.15, 0.2) is 48.5 Å². The molecule has 0 spiro atoms. The summed E-state index contributed by atoms with van der Waals surface area (Å²) in [5, 5.41) is 6.98. The molecule has 1 fully saturated rings. The van der Waals surface area contributed by atoms with E-state index in [1.165, 1.54) is 5.56 Å². The Kier molecular flexibility index (Phi) is 4.70. The van der Waals surface area contributed by atoms with Crippen molar-refractivity contribution in [2.45, 2.75) is 31.7 Å². The van der Waals surface area contributed by atoms with E-state index in [1.54, 1.807) is 0 Å². The molecule has 4 rings (SSSR count). The first-order chi connectivity index (χ1) is 12.3. The van der Waals surface area contributed by atoms with E-state index in [2.05, 4.69) is 41.0 Å². The number of anilines is 2. The van der Waals surface area contributed by atoms with Gasteiger partial charge in [0.25, 0.3) is 0 Å². The lowest BCUT2D eigenvalue weighted by Gasteiger charge is -2.24. The fourth-order valence-electron chi connectivity index (χ4n) is 3.79. The Hall–Kier alpha value is -2.33. The first kappa shape index (κ1) is 16.2. The average Bonchev–Trinajstić information content (AvgIpc) is 3.08. The molecule has 2 aromatic carbocycles. The van der Waals surface area contributed by atoms with Gasteiger partial charge in [0.2, 0.25) is 5.91 Å². The SMILES string of the molecule is O=C(Cc1ccc(NC2CCNCC2)cc1)N1CCc2ccccc21. The highest BCUT2D eigenvalue weighted by Gasteiger charge is 2.24. The van der Waals surface area contributed by atoms with Crippen LogP contribution in [0.5, 0.6) is 0 Å². The Labute approximate surface area is 149 Å². The Bertz CT molecular complexity index is 735. The molecule has 2 aliphatic heterocycles. The Morgan fingerprint density at radius 3 is 2.64 bits per heavy atom. The zero-order valence-electron chi connectivity index (χ0n) is 14.5. The van der Waals surface area contributed by atoms with Crippen molar-refractivity contribution >= 4 is 17.3 Å². The fourth-order valence-corrected chi connectivity index (χ4v) is 3.79. The topological polar surface area (TPSA) is 44.4 Å². The monoisotopic (exact) mass is 335 g/mol. The Morgan fingerprint density at radius 2 is 1.84 bits per heavy atom. The van der Waals surface area contributed by atoms with Gasteiger partial charge in [0.05, 0.1) is 6.42 Å². The zero-order valence-corrected chi connectivity index (χ0v) is 14.5. The van der Waals surface area contributed by atoms with Gasteiger partial charge >= 0.3 is 0 Å². The normalized spacial score (nSPS) is 17.4. The first-order valence-electron chi connectivity index (χ1n) is 9.24. The van der Waals surface area contributed by atoms with Crippen molar-refractivity contribution in [1.29, 1.82) is 0 Å². The number of hydrogen-bond acceptors (Lipinski definition) is 3. The van der Waals surface area contributed by atoms with E-state index in [1.807, 2.05) is 23.1 Å². The molecule has 25 heavy (non-hydrogen) atoms. The zero-order chi connectivity index (χ0) is 17.1. The molecular formula is C21H25N3O. The van der Waals surface area contributed by atoms with Gasteiger partial charge in [-0.25, -0.2) is 0 Å². The van der Waals surface area contributed by atoms with Crippen molar-refractivity contribution in [3.63, 3.8) is 0 Å². The van der Waals surface area contributed by atoms with E-state index < -0.39 is 0 Å². The molecule has 1 amide bonds. The number of amides is 1. The molecule has 130 valence electrons. The van der Waals surface area contributed by atoms with Crippen molar-refractivity contribution in [1.82, 2.24) is 5.32 Å². The third kappa shape index (κ3) is 3.69. The molecule has 2 aliphatic rings. The molecule has 4 heteroatoms. The summed E-state index contributed by atoms with van der Waals surface area (Å²) < 4.78 is 0. The number of fused-ring (bicyclic) bond motifs is 1. The van der Waals surface area contributed by atoms with Gasteiger partial charge in [-0.05, 0) is 61.7 Å². The van der Waals surface area contributed by atoms with Gasteiger partial charge in [0.1, 0.15) is 0 Å². The minimum absolute atomic E-state index is 0.184. The van der Waals surface area contributed by atoms with E-state index in [-0.39, 0.29) is 5.91 Å².